The Hall–Kier alpha value is 0.730. The summed E-state index contributed by atoms with van der Waals surface area (Å²) in [6.45, 7) is 0. The molecule has 0 rings (SSSR count). The first-order valence-corrected chi connectivity index (χ1v) is 1.90. The Morgan fingerprint density at radius 1 is 0.588 bits per heavy atom. The fraction of sp³-hybridized carbons (Fsp3) is 0. The molecule has 0 aromatic carbocycles. The Kier molecular flexibility index (Phi) is 135. The molecule has 0 amide bonds. The van der Waals surface area contributed by atoms with Crippen LogP contribution in [-0.4, -0.2) is 44.7 Å². The predicted molar refractivity (Wildman–Crippen MR) is 31.3 cm³/mol. The monoisotopic (exact) mass is 288 g/mol. The average molecular weight is 288 g/mol. The summed E-state index contributed by atoms with van der Waals surface area (Å²) in [4.78, 5) is 25.3. The molecule has 0 saturated heterocycles. The summed E-state index contributed by atoms with van der Waals surface area (Å²) in [5.41, 5.74) is 0. The summed E-state index contributed by atoms with van der Waals surface area (Å²) in [7, 11) is 0. The topological polar surface area (TPSA) is 244 Å². The van der Waals surface area contributed by atoms with Crippen LogP contribution in [0.5, 0.6) is 0 Å². The van der Waals surface area contributed by atoms with Gasteiger partial charge in [0.25, 0.3) is 0 Å². The Morgan fingerprint density at radius 3 is 0.588 bits per heavy atom. The molecule has 0 aromatic heterocycles. The standard InChI is InChI=1S/3CH2O3.3Na.2H2O/c3*2-1(3)4;;;;;/h3*(H2,2,3,4);;;;2*1H2/q;;;3*+1;;/p-3. The van der Waals surface area contributed by atoms with Gasteiger partial charge in [0, 0.05) is 0 Å². The molecule has 11 nitrogen and oxygen atoms in total. The predicted octanol–water partition coefficient (Wildman–Crippen LogP) is -14.0. The van der Waals surface area contributed by atoms with E-state index >= 15 is 0 Å². The van der Waals surface area contributed by atoms with Gasteiger partial charge in [-0.3, -0.25) is 0 Å². The van der Waals surface area contributed by atoms with Gasteiger partial charge in [0.2, 0.25) is 18.5 Å². The average Bonchev–Trinajstić information content (AvgIpc) is 1.54. The second-order valence-electron chi connectivity index (χ2n) is 0.798. The van der Waals surface area contributed by atoms with Crippen LogP contribution < -0.4 is 104 Å². The minimum Gasteiger partial charge on any atom is -0.565 e. The van der Waals surface area contributed by atoms with E-state index in [1.807, 2.05) is 0 Å². The summed E-state index contributed by atoms with van der Waals surface area (Å²) in [6, 6.07) is 0. The van der Waals surface area contributed by atoms with E-state index < -0.39 is 18.5 Å². The fourth-order valence-electron chi connectivity index (χ4n) is 0. The van der Waals surface area contributed by atoms with Crippen LogP contribution in [0.3, 0.4) is 0 Å². The van der Waals surface area contributed by atoms with Crippen LogP contribution in [0.15, 0.2) is 0 Å². The molecule has 0 bridgehead atoms. The maximum atomic E-state index is 8.44. The van der Waals surface area contributed by atoms with Gasteiger partial charge in [0.05, 0.1) is 0 Å². The quantitative estimate of drug-likeness (QED) is 0.357. The van der Waals surface area contributed by atoms with Gasteiger partial charge in [-0.05, 0) is 0 Å². The molecular weight excluding hydrogens is 281 g/mol. The summed E-state index contributed by atoms with van der Waals surface area (Å²) in [5, 5.41) is 45.9. The molecule has 0 radical (unpaired) electrons. The van der Waals surface area contributed by atoms with Crippen molar-refractivity contribution in [2.75, 3.05) is 0 Å². The minimum atomic E-state index is -2.08. The molecule has 0 aliphatic rings. The van der Waals surface area contributed by atoms with Gasteiger partial charge < -0.3 is 56.0 Å². The molecule has 0 fully saturated rings. The number of hydrogen-bond donors (Lipinski definition) is 3. The van der Waals surface area contributed by atoms with E-state index in [4.69, 9.17) is 45.0 Å². The van der Waals surface area contributed by atoms with E-state index in [1.165, 1.54) is 0 Å². The van der Waals surface area contributed by atoms with Gasteiger partial charge in [-0.25, -0.2) is 0 Å². The Bertz CT molecular complexity index is 120. The largest absolute Gasteiger partial charge is 1.00 e. The Morgan fingerprint density at radius 2 is 0.588 bits per heavy atom. The molecule has 0 heterocycles. The Balaban J connectivity index is -0.0000000104. The van der Waals surface area contributed by atoms with E-state index in [9.17, 15) is 0 Å². The normalized spacial score (nSPS) is 4.24. The van der Waals surface area contributed by atoms with Crippen LogP contribution in [0.2, 0.25) is 0 Å². The van der Waals surface area contributed by atoms with Crippen LogP contribution in [0.1, 0.15) is 0 Å². The second kappa shape index (κ2) is 43.7. The third-order valence-electron chi connectivity index (χ3n) is 0. The molecule has 14 heteroatoms. The number of hydrogen-bond acceptors (Lipinski definition) is 6. The molecule has 88 valence electrons. The number of carbonyl (C=O) groups is 3. The van der Waals surface area contributed by atoms with E-state index in [0.717, 1.165) is 0 Å². The van der Waals surface area contributed by atoms with Crippen molar-refractivity contribution in [3.63, 3.8) is 0 Å². The third-order valence-corrected chi connectivity index (χ3v) is 0. The Labute approximate surface area is 161 Å². The van der Waals surface area contributed by atoms with Crippen molar-refractivity contribution in [3.05, 3.63) is 0 Å². The molecule has 0 aliphatic heterocycles. The van der Waals surface area contributed by atoms with Crippen LogP contribution in [0.4, 0.5) is 14.4 Å². The maximum Gasteiger partial charge on any atom is 1.00 e. The van der Waals surface area contributed by atoms with Gasteiger partial charge in [0.15, 0.2) is 0 Å². The summed E-state index contributed by atoms with van der Waals surface area (Å²) in [5.74, 6) is 0. The van der Waals surface area contributed by atoms with Crippen molar-refractivity contribution in [2.24, 2.45) is 0 Å². The van der Waals surface area contributed by atoms with Crippen LogP contribution in [-0.2, 0) is 0 Å². The van der Waals surface area contributed by atoms with Crippen LogP contribution in [0.25, 0.3) is 0 Å². The first-order valence-electron chi connectivity index (χ1n) is 1.90. The molecule has 0 unspecified atom stereocenters. The zero-order chi connectivity index (χ0) is 10.7. The van der Waals surface area contributed by atoms with Crippen molar-refractivity contribution >= 4 is 18.5 Å². The molecular formula is C3H7Na3O11. The smallest absolute Gasteiger partial charge is 0.565 e. The zero-order valence-corrected chi connectivity index (χ0v) is 15.3. The van der Waals surface area contributed by atoms with E-state index in [2.05, 4.69) is 0 Å². The third kappa shape index (κ3) is 6810. The molecule has 0 atom stereocenters. The second-order valence-corrected chi connectivity index (χ2v) is 0.798. The van der Waals surface area contributed by atoms with Crippen LogP contribution in [0, 0.1) is 0 Å². The van der Waals surface area contributed by atoms with Gasteiger partial charge in [-0.2, -0.15) is 0 Å². The summed E-state index contributed by atoms with van der Waals surface area (Å²) < 4.78 is 0. The van der Waals surface area contributed by atoms with Gasteiger partial charge in [-0.15, -0.1) is 0 Å². The first-order chi connectivity index (χ1) is 5.20. The molecule has 7 N–H and O–H groups in total. The van der Waals surface area contributed by atoms with Gasteiger partial charge in [0.1, 0.15) is 0 Å². The van der Waals surface area contributed by atoms with Crippen molar-refractivity contribution in [1.29, 1.82) is 0 Å². The van der Waals surface area contributed by atoms with Crippen molar-refractivity contribution < 1.29 is 145 Å². The van der Waals surface area contributed by atoms with E-state index in [1.54, 1.807) is 0 Å². The van der Waals surface area contributed by atoms with Gasteiger partial charge in [-0.1, -0.05) is 0 Å². The van der Waals surface area contributed by atoms with Crippen molar-refractivity contribution in [1.82, 2.24) is 0 Å². The summed E-state index contributed by atoms with van der Waals surface area (Å²) >= 11 is 0. The fourth-order valence-corrected chi connectivity index (χ4v) is 0. The van der Waals surface area contributed by atoms with Crippen molar-refractivity contribution in [3.8, 4) is 0 Å². The summed E-state index contributed by atoms with van der Waals surface area (Å²) in [6.07, 6.45) is -6.25. The minimum absolute atomic E-state index is 0. The zero-order valence-electron chi connectivity index (χ0n) is 9.29. The molecule has 0 aromatic rings. The number of carboxylic acid groups (broad SMARTS) is 6. The molecule has 0 aliphatic carbocycles. The first kappa shape index (κ1) is 52.4. The molecule has 17 heavy (non-hydrogen) atoms. The van der Waals surface area contributed by atoms with E-state index in [-0.39, 0.29) is 99.6 Å². The number of rotatable bonds is 0. The maximum absolute atomic E-state index is 8.44. The van der Waals surface area contributed by atoms with Crippen molar-refractivity contribution in [2.45, 2.75) is 0 Å². The van der Waals surface area contributed by atoms with Gasteiger partial charge >= 0.3 is 88.7 Å². The molecule has 0 spiro atoms. The molecule has 0 saturated carbocycles. The van der Waals surface area contributed by atoms with E-state index in [0.29, 0.717) is 0 Å². The SMILES string of the molecule is O.O.O=C([O-])O.O=C([O-])O.O=C([O-])O.[Na+].[Na+].[Na+]. The van der Waals surface area contributed by atoms with Crippen LogP contribution >= 0.6 is 0 Å².